The molecule has 0 aromatic heterocycles. The summed E-state index contributed by atoms with van der Waals surface area (Å²) in [5.41, 5.74) is 0. The van der Waals surface area contributed by atoms with Gasteiger partial charge in [-0.2, -0.15) is 0 Å². The van der Waals surface area contributed by atoms with Crippen LogP contribution in [-0.4, -0.2) is 22.0 Å². The number of carbonyl (C=O) groups excluding carboxylic acids is 1. The summed E-state index contributed by atoms with van der Waals surface area (Å²) in [6.45, 7) is 3.44. The van der Waals surface area contributed by atoms with Crippen molar-refractivity contribution in [1.29, 1.82) is 0 Å². The molecule has 1 rings (SSSR count). The van der Waals surface area contributed by atoms with Crippen LogP contribution in [0.4, 0.5) is 4.39 Å². The van der Waals surface area contributed by atoms with Crippen molar-refractivity contribution in [2.75, 3.05) is 5.75 Å². The van der Waals surface area contributed by atoms with E-state index < -0.39 is 22.6 Å². The first-order valence-electron chi connectivity index (χ1n) is 4.82. The minimum atomic E-state index is -1.48. The van der Waals surface area contributed by atoms with Crippen molar-refractivity contribution < 1.29 is 18.1 Å². The largest absolute Gasteiger partial charge is 0.462 e. The Labute approximate surface area is 96.1 Å². The third kappa shape index (κ3) is 4.10. The maximum absolute atomic E-state index is 12.6. The maximum Gasteiger partial charge on any atom is 0.319 e. The maximum atomic E-state index is 12.6. The highest BCUT2D eigenvalue weighted by molar-refractivity contribution is 7.85. The lowest BCUT2D eigenvalue weighted by molar-refractivity contribution is -0.144. The quantitative estimate of drug-likeness (QED) is 0.760. The molecule has 5 heteroatoms. The number of halogens is 1. The Balaban J connectivity index is 2.59. The zero-order chi connectivity index (χ0) is 12.1. The Hall–Kier alpha value is -1.23. The molecular formula is C11H13FO3S. The van der Waals surface area contributed by atoms with Crippen molar-refractivity contribution in [2.24, 2.45) is 0 Å². The molecule has 16 heavy (non-hydrogen) atoms. The standard InChI is InChI=1S/C11H13FO3S/c1-8(2)15-11(13)7-16(14)10-5-3-9(12)4-6-10/h3-6,8H,7H2,1-2H3. The second-order valence-corrected chi connectivity index (χ2v) is 4.93. The van der Waals surface area contributed by atoms with E-state index in [1.807, 2.05) is 0 Å². The molecule has 0 N–H and O–H groups in total. The van der Waals surface area contributed by atoms with Gasteiger partial charge in [0, 0.05) is 4.90 Å². The minimum Gasteiger partial charge on any atom is -0.462 e. The molecule has 1 unspecified atom stereocenters. The van der Waals surface area contributed by atoms with Crippen LogP contribution in [0.25, 0.3) is 0 Å². The molecule has 0 saturated heterocycles. The Morgan fingerprint density at radius 1 is 1.38 bits per heavy atom. The second-order valence-electron chi connectivity index (χ2n) is 3.48. The predicted octanol–water partition coefficient (Wildman–Crippen LogP) is 1.88. The van der Waals surface area contributed by atoms with E-state index in [0.717, 1.165) is 0 Å². The molecule has 1 aromatic rings. The molecule has 1 aromatic carbocycles. The molecule has 3 nitrogen and oxygen atoms in total. The number of hydrogen-bond donors (Lipinski definition) is 0. The average molecular weight is 244 g/mol. The molecule has 0 heterocycles. The summed E-state index contributed by atoms with van der Waals surface area (Å²) in [4.78, 5) is 11.6. The number of carbonyl (C=O) groups is 1. The minimum absolute atomic E-state index is 0.205. The summed E-state index contributed by atoms with van der Waals surface area (Å²) in [7, 11) is -1.48. The van der Waals surface area contributed by atoms with Gasteiger partial charge in [0.1, 0.15) is 11.6 Å². The second kappa shape index (κ2) is 5.75. The fourth-order valence-electron chi connectivity index (χ4n) is 1.07. The number of benzene rings is 1. The number of rotatable bonds is 4. The fourth-order valence-corrected chi connectivity index (χ4v) is 1.96. The molecule has 1 atom stereocenters. The van der Waals surface area contributed by atoms with Crippen LogP contribution in [0.1, 0.15) is 13.8 Å². The predicted molar refractivity (Wildman–Crippen MR) is 58.9 cm³/mol. The molecule has 0 saturated carbocycles. The van der Waals surface area contributed by atoms with E-state index in [1.54, 1.807) is 13.8 Å². The van der Waals surface area contributed by atoms with Gasteiger partial charge in [-0.05, 0) is 38.1 Å². The van der Waals surface area contributed by atoms with Crippen LogP contribution in [0.15, 0.2) is 29.2 Å². The molecule has 88 valence electrons. The van der Waals surface area contributed by atoms with Gasteiger partial charge >= 0.3 is 5.97 Å². The highest BCUT2D eigenvalue weighted by Gasteiger charge is 2.12. The summed E-state index contributed by atoms with van der Waals surface area (Å²) in [6, 6.07) is 5.21. The fraction of sp³-hybridized carbons (Fsp3) is 0.364. The van der Waals surface area contributed by atoms with E-state index >= 15 is 0 Å². The van der Waals surface area contributed by atoms with Crippen LogP contribution in [-0.2, 0) is 20.3 Å². The van der Waals surface area contributed by atoms with E-state index in [0.29, 0.717) is 4.90 Å². The van der Waals surface area contributed by atoms with Crippen molar-refractivity contribution in [2.45, 2.75) is 24.8 Å². The van der Waals surface area contributed by atoms with Gasteiger partial charge in [0.2, 0.25) is 0 Å². The summed E-state index contributed by atoms with van der Waals surface area (Å²) < 4.78 is 29.1. The molecular weight excluding hydrogens is 231 g/mol. The smallest absolute Gasteiger partial charge is 0.319 e. The van der Waals surface area contributed by atoms with Crippen molar-refractivity contribution >= 4 is 16.8 Å². The highest BCUT2D eigenvalue weighted by Crippen LogP contribution is 2.08. The molecule has 0 amide bonds. The van der Waals surface area contributed by atoms with Crippen LogP contribution in [0, 0.1) is 5.82 Å². The molecule has 0 spiro atoms. The van der Waals surface area contributed by atoms with Crippen LogP contribution < -0.4 is 0 Å². The first-order valence-corrected chi connectivity index (χ1v) is 6.14. The highest BCUT2D eigenvalue weighted by atomic mass is 32.2. The molecule has 0 aliphatic carbocycles. The van der Waals surface area contributed by atoms with Gasteiger partial charge in [-0.15, -0.1) is 0 Å². The van der Waals surface area contributed by atoms with E-state index in [9.17, 15) is 13.4 Å². The van der Waals surface area contributed by atoms with Crippen LogP contribution in [0.5, 0.6) is 0 Å². The Morgan fingerprint density at radius 3 is 2.44 bits per heavy atom. The zero-order valence-electron chi connectivity index (χ0n) is 9.10. The average Bonchev–Trinajstić information content (AvgIpc) is 2.16. The molecule has 0 radical (unpaired) electrons. The van der Waals surface area contributed by atoms with Crippen molar-refractivity contribution in [1.82, 2.24) is 0 Å². The van der Waals surface area contributed by atoms with Crippen molar-refractivity contribution in [3.63, 3.8) is 0 Å². The first kappa shape index (κ1) is 12.8. The zero-order valence-corrected chi connectivity index (χ0v) is 9.92. The summed E-state index contributed by atoms with van der Waals surface area (Å²) in [6.07, 6.45) is -0.224. The van der Waals surface area contributed by atoms with Gasteiger partial charge in [-0.3, -0.25) is 9.00 Å². The monoisotopic (exact) mass is 244 g/mol. The SMILES string of the molecule is CC(C)OC(=O)CS(=O)c1ccc(F)cc1. The number of esters is 1. The Kier molecular flexibility index (Phi) is 4.61. The molecule has 0 bridgehead atoms. The van der Waals surface area contributed by atoms with Crippen LogP contribution in [0.2, 0.25) is 0 Å². The number of ether oxygens (including phenoxy) is 1. The van der Waals surface area contributed by atoms with Gasteiger partial charge in [0.25, 0.3) is 0 Å². The first-order chi connectivity index (χ1) is 7.49. The van der Waals surface area contributed by atoms with Crippen molar-refractivity contribution in [3.05, 3.63) is 30.1 Å². The van der Waals surface area contributed by atoms with Gasteiger partial charge in [0.05, 0.1) is 16.9 Å². The molecule has 0 aliphatic rings. The topological polar surface area (TPSA) is 43.4 Å². The van der Waals surface area contributed by atoms with Crippen molar-refractivity contribution in [3.8, 4) is 0 Å². The van der Waals surface area contributed by atoms with E-state index in [2.05, 4.69) is 0 Å². The summed E-state index contributed by atoms with van der Waals surface area (Å²) in [5.74, 6) is -1.12. The normalized spacial score (nSPS) is 12.5. The van der Waals surface area contributed by atoms with Crippen LogP contribution in [0.3, 0.4) is 0 Å². The van der Waals surface area contributed by atoms with E-state index in [1.165, 1.54) is 24.3 Å². The third-order valence-corrected chi connectivity index (χ3v) is 2.99. The molecule has 0 aliphatic heterocycles. The van der Waals surface area contributed by atoms with Gasteiger partial charge < -0.3 is 4.74 Å². The summed E-state index contributed by atoms with van der Waals surface area (Å²) >= 11 is 0. The lowest BCUT2D eigenvalue weighted by Crippen LogP contribution is -2.18. The van der Waals surface area contributed by atoms with Gasteiger partial charge in [-0.1, -0.05) is 0 Å². The Morgan fingerprint density at radius 2 is 1.94 bits per heavy atom. The number of hydrogen-bond acceptors (Lipinski definition) is 3. The lowest BCUT2D eigenvalue weighted by Gasteiger charge is -2.07. The third-order valence-electron chi connectivity index (χ3n) is 1.69. The van der Waals surface area contributed by atoms with Crippen LogP contribution >= 0.6 is 0 Å². The van der Waals surface area contributed by atoms with Gasteiger partial charge in [-0.25, -0.2) is 4.39 Å². The lowest BCUT2D eigenvalue weighted by atomic mass is 10.4. The van der Waals surface area contributed by atoms with E-state index in [4.69, 9.17) is 4.74 Å². The molecule has 0 fully saturated rings. The van der Waals surface area contributed by atoms with Gasteiger partial charge in [0.15, 0.2) is 0 Å². The van der Waals surface area contributed by atoms with E-state index in [-0.39, 0.29) is 11.9 Å². The Bertz CT molecular complexity index is 387. The summed E-state index contributed by atoms with van der Waals surface area (Å²) in [5, 5.41) is 0.